The number of hydrogen-bond donors (Lipinski definition) is 1. The van der Waals surface area contributed by atoms with Gasteiger partial charge in [0, 0.05) is 19.0 Å². The Hall–Kier alpha value is -5.29. The number of ether oxygens (including phenoxy) is 3. The van der Waals surface area contributed by atoms with Gasteiger partial charge in [0.1, 0.15) is 30.6 Å². The van der Waals surface area contributed by atoms with Gasteiger partial charge < -0.3 is 14.2 Å². The Balaban J connectivity index is 1.30. The van der Waals surface area contributed by atoms with Crippen molar-refractivity contribution in [3.05, 3.63) is 133 Å². The molecule has 0 saturated carbocycles. The van der Waals surface area contributed by atoms with Gasteiger partial charge >= 0.3 is 17.6 Å². The summed E-state index contributed by atoms with van der Waals surface area (Å²) in [6, 6.07) is 19.8. The Morgan fingerprint density at radius 1 is 0.878 bits per heavy atom. The summed E-state index contributed by atoms with van der Waals surface area (Å²) in [6.07, 6.45) is -1.72. The zero-order valence-electron chi connectivity index (χ0n) is 27.0. The van der Waals surface area contributed by atoms with Gasteiger partial charge in [0.25, 0.3) is 15.7 Å². The van der Waals surface area contributed by atoms with E-state index < -0.39 is 51.7 Å². The number of nitrogens with one attached hydrogen (secondary N) is 1. The maximum Gasteiger partial charge on any atom is 0.338 e. The van der Waals surface area contributed by atoms with Gasteiger partial charge in [0.15, 0.2) is 0 Å². The second-order valence-corrected chi connectivity index (χ2v) is 13.1. The minimum atomic E-state index is -3.99. The minimum absolute atomic E-state index is 0.00607. The summed E-state index contributed by atoms with van der Waals surface area (Å²) in [5.41, 5.74) is 1.81. The number of carbonyl (C=O) groups is 2. The molecular weight excluding hydrogens is 652 g/mol. The van der Waals surface area contributed by atoms with Crippen LogP contribution in [0.5, 0.6) is 0 Å². The Bertz CT molecular complexity index is 2110. The largest absolute Gasteiger partial charge is 0.459 e. The van der Waals surface area contributed by atoms with Crippen molar-refractivity contribution >= 4 is 22.1 Å². The molecule has 1 aliphatic heterocycles. The summed E-state index contributed by atoms with van der Waals surface area (Å²) in [7, 11) is -3.99. The first-order chi connectivity index (χ1) is 23.4. The van der Waals surface area contributed by atoms with E-state index in [9.17, 15) is 27.6 Å². The molecule has 0 bridgehead atoms. The molecule has 0 unspecified atom stereocenters. The zero-order valence-corrected chi connectivity index (χ0v) is 27.8. The molecule has 0 amide bonds. The summed E-state index contributed by atoms with van der Waals surface area (Å²) in [4.78, 5) is 53.4. The molecule has 4 aromatic rings. The molecule has 2 heterocycles. The van der Waals surface area contributed by atoms with Crippen molar-refractivity contribution < 1.29 is 36.4 Å². The third kappa shape index (κ3) is 8.99. The number of rotatable bonds is 10. The van der Waals surface area contributed by atoms with E-state index in [0.29, 0.717) is 11.1 Å². The fourth-order valence-corrected chi connectivity index (χ4v) is 5.80. The first-order valence-electron chi connectivity index (χ1n) is 15.4. The Morgan fingerprint density at radius 3 is 2.06 bits per heavy atom. The maximum absolute atomic E-state index is 13.0. The average molecular weight is 687 g/mol. The van der Waals surface area contributed by atoms with Crippen molar-refractivity contribution in [1.29, 1.82) is 0 Å². The number of nitrogens with zero attached hydrogens (tertiary/aromatic N) is 1. The van der Waals surface area contributed by atoms with E-state index in [1.165, 1.54) is 18.3 Å². The highest BCUT2D eigenvalue weighted by molar-refractivity contribution is 7.86. The van der Waals surface area contributed by atoms with Crippen molar-refractivity contribution in [2.45, 2.75) is 56.9 Å². The van der Waals surface area contributed by atoms with Crippen LogP contribution >= 0.6 is 0 Å². The van der Waals surface area contributed by atoms with Gasteiger partial charge in [-0.1, -0.05) is 64.9 Å². The van der Waals surface area contributed by atoms with Gasteiger partial charge in [-0.05, 0) is 57.2 Å². The number of H-pyrrole nitrogens is 1. The van der Waals surface area contributed by atoms with E-state index in [0.717, 1.165) is 21.3 Å². The van der Waals surface area contributed by atoms with Crippen molar-refractivity contribution in [3.63, 3.8) is 0 Å². The van der Waals surface area contributed by atoms with E-state index >= 15 is 0 Å². The van der Waals surface area contributed by atoms with Crippen LogP contribution < -0.4 is 11.2 Å². The second kappa shape index (κ2) is 15.3. The summed E-state index contributed by atoms with van der Waals surface area (Å²) in [6.45, 7) is 5.06. The van der Waals surface area contributed by atoms with Crippen molar-refractivity contribution in [2.75, 3.05) is 13.2 Å². The van der Waals surface area contributed by atoms with Crippen molar-refractivity contribution in [3.8, 4) is 11.8 Å². The molecule has 1 fully saturated rings. The molecule has 49 heavy (non-hydrogen) atoms. The first-order valence-corrected chi connectivity index (χ1v) is 16.8. The third-order valence-corrected chi connectivity index (χ3v) is 8.99. The normalized spacial score (nSPS) is 17.2. The molecular formula is C36H34N2O10S. The predicted octanol–water partition coefficient (Wildman–Crippen LogP) is 3.98. The number of aromatic amines is 1. The lowest BCUT2D eigenvalue weighted by atomic mass is 10.1. The summed E-state index contributed by atoms with van der Waals surface area (Å²) >= 11 is 0. The second-order valence-electron chi connectivity index (χ2n) is 11.5. The zero-order chi connectivity index (χ0) is 35.1. The van der Waals surface area contributed by atoms with E-state index in [2.05, 4.69) is 16.8 Å². The van der Waals surface area contributed by atoms with Crippen LogP contribution in [0.4, 0.5) is 0 Å². The Kier molecular flexibility index (Phi) is 10.9. The molecule has 3 atom stereocenters. The summed E-state index contributed by atoms with van der Waals surface area (Å²) < 4.78 is 48.3. The first kappa shape index (κ1) is 35.0. The predicted molar refractivity (Wildman–Crippen MR) is 178 cm³/mol. The van der Waals surface area contributed by atoms with Gasteiger partial charge in [0.2, 0.25) is 0 Å². The van der Waals surface area contributed by atoms with Gasteiger partial charge in [-0.25, -0.2) is 14.4 Å². The van der Waals surface area contributed by atoms with Crippen LogP contribution in [-0.4, -0.2) is 55.3 Å². The van der Waals surface area contributed by atoms with E-state index in [4.69, 9.17) is 18.4 Å². The molecule has 1 aliphatic rings. The van der Waals surface area contributed by atoms with E-state index in [1.54, 1.807) is 60.7 Å². The highest BCUT2D eigenvalue weighted by atomic mass is 32.2. The van der Waals surface area contributed by atoms with Crippen molar-refractivity contribution in [2.24, 2.45) is 0 Å². The standard InChI is InChI=1S/C36H34N2O10S/c1-23-7-13-26(14-8-23)34(40)45-22-31-30(48-35(41)27-15-9-24(2)10-16-27)20-32(47-31)38-21-28(33(39)37-36(38)42)6-4-5-19-46-49(43,44)29-17-11-25(3)12-18-29/h7-18,21,30-32H,5,19-20,22H2,1-3H3,(H,37,39,42)/t30-,31+,32+/m0/s1. The third-order valence-electron chi connectivity index (χ3n) is 7.67. The molecule has 1 N–H and O–H groups in total. The molecule has 0 radical (unpaired) electrons. The number of aryl methyl sites for hydroxylation is 3. The number of esters is 2. The van der Waals surface area contributed by atoms with Gasteiger partial charge in [-0.3, -0.25) is 18.5 Å². The topological polar surface area (TPSA) is 160 Å². The van der Waals surface area contributed by atoms with Gasteiger partial charge in [-0.2, -0.15) is 8.42 Å². The smallest absolute Gasteiger partial charge is 0.338 e. The highest BCUT2D eigenvalue weighted by Gasteiger charge is 2.40. The minimum Gasteiger partial charge on any atom is -0.459 e. The highest BCUT2D eigenvalue weighted by Crippen LogP contribution is 2.31. The Labute approximate surface area is 282 Å². The lowest BCUT2D eigenvalue weighted by Gasteiger charge is -2.19. The van der Waals surface area contributed by atoms with E-state index in [1.807, 2.05) is 20.8 Å². The van der Waals surface area contributed by atoms with Crippen LogP contribution in [0, 0.1) is 32.6 Å². The van der Waals surface area contributed by atoms with Crippen molar-refractivity contribution in [1.82, 2.24) is 9.55 Å². The molecule has 0 aliphatic carbocycles. The fraction of sp³-hybridized carbons (Fsp3) is 0.278. The quantitative estimate of drug-likeness (QED) is 0.112. The molecule has 13 heteroatoms. The molecule has 0 spiro atoms. The molecule has 254 valence electrons. The van der Waals surface area contributed by atoms with Crippen LogP contribution in [0.25, 0.3) is 0 Å². The molecule has 3 aromatic carbocycles. The average Bonchev–Trinajstić information content (AvgIpc) is 3.47. The Morgan fingerprint density at radius 2 is 1.45 bits per heavy atom. The molecule has 1 saturated heterocycles. The summed E-state index contributed by atoms with van der Waals surface area (Å²) in [5, 5.41) is 0. The lowest BCUT2D eigenvalue weighted by Crippen LogP contribution is -2.34. The number of carbonyl (C=O) groups excluding carboxylic acids is 2. The maximum atomic E-state index is 13.0. The summed E-state index contributed by atoms with van der Waals surface area (Å²) in [5.74, 6) is 4.09. The molecule has 1 aromatic heterocycles. The molecule has 12 nitrogen and oxygen atoms in total. The fourth-order valence-electron chi connectivity index (χ4n) is 4.89. The number of aromatic nitrogens is 2. The number of hydrogen-bond acceptors (Lipinski definition) is 10. The monoisotopic (exact) mass is 686 g/mol. The molecule has 5 rings (SSSR count). The van der Waals surface area contributed by atoms with Crippen LogP contribution in [0.2, 0.25) is 0 Å². The van der Waals surface area contributed by atoms with E-state index in [-0.39, 0.29) is 36.5 Å². The van der Waals surface area contributed by atoms with Crippen LogP contribution in [0.3, 0.4) is 0 Å². The van der Waals surface area contributed by atoms with Gasteiger partial charge in [0.05, 0.1) is 22.6 Å². The SMILES string of the molecule is Cc1ccc(C(=O)OC[C@H]2O[C@@H](n3cc(C#CCCOS(=O)(=O)c4ccc(C)cc4)c(=O)[nH]c3=O)C[C@@H]2OC(=O)c2ccc(C)cc2)cc1. The lowest BCUT2D eigenvalue weighted by molar-refractivity contribution is -0.0582. The number of benzene rings is 3. The van der Waals surface area contributed by atoms with Gasteiger partial charge in [-0.15, -0.1) is 0 Å². The van der Waals surface area contributed by atoms with Crippen LogP contribution in [0.1, 0.15) is 62.0 Å². The van der Waals surface area contributed by atoms with Crippen LogP contribution in [-0.2, 0) is 28.5 Å². The van der Waals surface area contributed by atoms with Crippen LogP contribution in [0.15, 0.2) is 93.5 Å².